The maximum atomic E-state index is 11.9. The Labute approximate surface area is 115 Å². The van der Waals surface area contributed by atoms with Crippen LogP contribution in [0.15, 0.2) is 29.3 Å². The summed E-state index contributed by atoms with van der Waals surface area (Å²) in [6.07, 6.45) is 4.10. The van der Waals surface area contributed by atoms with E-state index in [1.54, 1.807) is 26.7 Å². The number of thiophene rings is 1. The second-order valence-corrected chi connectivity index (χ2v) is 5.20. The first-order chi connectivity index (χ1) is 9.24. The van der Waals surface area contributed by atoms with Crippen LogP contribution >= 0.6 is 11.3 Å². The van der Waals surface area contributed by atoms with Crippen LogP contribution in [-0.2, 0) is 13.1 Å². The third kappa shape index (κ3) is 3.37. The van der Waals surface area contributed by atoms with Crippen LogP contribution < -0.4 is 5.69 Å². The maximum absolute atomic E-state index is 11.9. The van der Waals surface area contributed by atoms with Gasteiger partial charge in [0.15, 0.2) is 0 Å². The fourth-order valence-corrected chi connectivity index (χ4v) is 2.60. The highest BCUT2D eigenvalue weighted by atomic mass is 32.1. The number of aliphatic hydroxyl groups is 1. The lowest BCUT2D eigenvalue weighted by Gasteiger charge is -1.97. The summed E-state index contributed by atoms with van der Waals surface area (Å²) in [5, 5.41) is 8.66. The van der Waals surface area contributed by atoms with E-state index in [2.05, 4.69) is 11.8 Å². The highest BCUT2D eigenvalue weighted by Crippen LogP contribution is 2.16. The van der Waals surface area contributed by atoms with Crippen LogP contribution in [0.3, 0.4) is 0 Å². The Balaban J connectivity index is 2.10. The summed E-state index contributed by atoms with van der Waals surface area (Å²) in [5.74, 6) is 5.89. The van der Waals surface area contributed by atoms with Crippen molar-refractivity contribution >= 4 is 11.3 Å². The number of imidazole rings is 1. The van der Waals surface area contributed by atoms with Crippen molar-refractivity contribution in [3.05, 3.63) is 44.8 Å². The molecule has 2 rings (SSSR count). The second-order valence-electron chi connectivity index (χ2n) is 4.04. The molecule has 0 bridgehead atoms. The number of aryl methyl sites for hydroxylation is 1. The Morgan fingerprint density at radius 1 is 1.32 bits per heavy atom. The van der Waals surface area contributed by atoms with E-state index in [1.165, 1.54) is 0 Å². The Kier molecular flexibility index (Phi) is 4.61. The van der Waals surface area contributed by atoms with Crippen LogP contribution in [0.25, 0.3) is 0 Å². The molecule has 19 heavy (non-hydrogen) atoms. The largest absolute Gasteiger partial charge is 0.395 e. The highest BCUT2D eigenvalue weighted by Gasteiger charge is 2.04. The van der Waals surface area contributed by atoms with Crippen LogP contribution in [0.5, 0.6) is 0 Å². The molecule has 0 aromatic carbocycles. The molecule has 0 radical (unpaired) electrons. The fourth-order valence-electron chi connectivity index (χ4n) is 1.72. The van der Waals surface area contributed by atoms with Crippen molar-refractivity contribution in [1.29, 1.82) is 0 Å². The average molecular weight is 276 g/mol. The second kappa shape index (κ2) is 6.41. The number of rotatable bonds is 4. The molecule has 0 atom stereocenters. The predicted octanol–water partition coefficient (Wildman–Crippen LogP) is 1.51. The number of nitrogens with zero attached hydrogens (tertiary/aromatic N) is 2. The molecule has 4 nitrogen and oxygen atoms in total. The molecule has 2 aromatic heterocycles. The molecule has 0 fully saturated rings. The summed E-state index contributed by atoms with van der Waals surface area (Å²) in [6.45, 7) is 3.31. The molecule has 0 saturated heterocycles. The SMILES string of the molecule is CCn1ccn(Cc2ccc(C#CCCO)s2)c1=O. The number of hydrogen-bond donors (Lipinski definition) is 1. The molecular formula is C14H16N2O2S. The normalized spacial score (nSPS) is 10.2. The van der Waals surface area contributed by atoms with E-state index in [9.17, 15) is 4.79 Å². The maximum Gasteiger partial charge on any atom is 0.328 e. The van der Waals surface area contributed by atoms with Crippen molar-refractivity contribution in [3.63, 3.8) is 0 Å². The van der Waals surface area contributed by atoms with E-state index < -0.39 is 0 Å². The van der Waals surface area contributed by atoms with Gasteiger partial charge in [0.05, 0.1) is 18.0 Å². The van der Waals surface area contributed by atoms with Crippen molar-refractivity contribution in [2.75, 3.05) is 6.61 Å². The molecular weight excluding hydrogens is 260 g/mol. The van der Waals surface area contributed by atoms with Crippen LogP contribution in [0, 0.1) is 11.8 Å². The van der Waals surface area contributed by atoms with Crippen molar-refractivity contribution in [2.45, 2.75) is 26.4 Å². The average Bonchev–Trinajstić information content (AvgIpc) is 2.99. The van der Waals surface area contributed by atoms with Crippen LogP contribution in [0.2, 0.25) is 0 Å². The van der Waals surface area contributed by atoms with Gasteiger partial charge in [-0.3, -0.25) is 9.13 Å². The lowest BCUT2D eigenvalue weighted by Crippen LogP contribution is -2.23. The lowest BCUT2D eigenvalue weighted by molar-refractivity contribution is 0.305. The third-order valence-electron chi connectivity index (χ3n) is 2.69. The van der Waals surface area contributed by atoms with E-state index >= 15 is 0 Å². The molecule has 0 aliphatic heterocycles. The smallest absolute Gasteiger partial charge is 0.328 e. The third-order valence-corrected chi connectivity index (χ3v) is 3.68. The summed E-state index contributed by atoms with van der Waals surface area (Å²) in [4.78, 5) is 14.0. The molecule has 0 amide bonds. The zero-order valence-corrected chi connectivity index (χ0v) is 11.6. The van der Waals surface area contributed by atoms with Gasteiger partial charge in [-0.15, -0.1) is 11.3 Å². The highest BCUT2D eigenvalue weighted by molar-refractivity contribution is 7.12. The molecule has 0 unspecified atom stereocenters. The van der Waals surface area contributed by atoms with Gasteiger partial charge in [-0.2, -0.15) is 0 Å². The Bertz CT molecular complexity index is 655. The Morgan fingerprint density at radius 2 is 2.11 bits per heavy atom. The summed E-state index contributed by atoms with van der Waals surface area (Å²) in [5.41, 5.74) is 0.0174. The van der Waals surface area contributed by atoms with Crippen LogP contribution in [-0.4, -0.2) is 20.8 Å². The van der Waals surface area contributed by atoms with E-state index in [-0.39, 0.29) is 12.3 Å². The molecule has 100 valence electrons. The van der Waals surface area contributed by atoms with E-state index in [0.29, 0.717) is 19.5 Å². The Morgan fingerprint density at radius 3 is 2.79 bits per heavy atom. The van der Waals surface area contributed by atoms with Crippen molar-refractivity contribution in [3.8, 4) is 11.8 Å². The predicted molar refractivity (Wildman–Crippen MR) is 76.4 cm³/mol. The molecule has 2 aromatic rings. The molecule has 2 heterocycles. The minimum atomic E-state index is 0.0174. The quantitative estimate of drug-likeness (QED) is 0.861. The summed E-state index contributed by atoms with van der Waals surface area (Å²) < 4.78 is 3.37. The summed E-state index contributed by atoms with van der Waals surface area (Å²) in [6, 6.07) is 3.94. The van der Waals surface area contributed by atoms with Gasteiger partial charge in [0, 0.05) is 30.2 Å². The van der Waals surface area contributed by atoms with Crippen molar-refractivity contribution < 1.29 is 5.11 Å². The molecule has 5 heteroatoms. The van der Waals surface area contributed by atoms with Gasteiger partial charge in [0.2, 0.25) is 0 Å². The summed E-state index contributed by atoms with van der Waals surface area (Å²) >= 11 is 1.58. The van der Waals surface area contributed by atoms with Gasteiger partial charge in [-0.1, -0.05) is 11.8 Å². The molecule has 0 aliphatic rings. The van der Waals surface area contributed by atoms with Crippen molar-refractivity contribution in [2.24, 2.45) is 0 Å². The lowest BCUT2D eigenvalue weighted by atomic mass is 10.4. The first-order valence-electron chi connectivity index (χ1n) is 6.18. The molecule has 1 N–H and O–H groups in total. The van der Waals surface area contributed by atoms with Gasteiger partial charge in [-0.25, -0.2) is 4.79 Å². The standard InChI is InChI=1S/C14H16N2O2S/c1-2-15-8-9-16(14(15)18)11-13-7-6-12(19-13)5-3-4-10-17/h6-9,17H,2,4,10-11H2,1H3. The molecule has 0 aliphatic carbocycles. The monoisotopic (exact) mass is 276 g/mol. The fraction of sp³-hybridized carbons (Fsp3) is 0.357. The van der Waals surface area contributed by atoms with Gasteiger partial charge < -0.3 is 5.11 Å². The van der Waals surface area contributed by atoms with E-state index in [0.717, 1.165) is 9.75 Å². The first-order valence-corrected chi connectivity index (χ1v) is 7.00. The Hall–Kier alpha value is -1.77. The van der Waals surface area contributed by atoms with Crippen molar-refractivity contribution in [1.82, 2.24) is 9.13 Å². The molecule has 0 saturated carbocycles. The van der Waals surface area contributed by atoms with Crippen LogP contribution in [0.4, 0.5) is 0 Å². The van der Waals surface area contributed by atoms with Gasteiger partial charge in [-0.05, 0) is 19.1 Å². The topological polar surface area (TPSA) is 47.2 Å². The zero-order chi connectivity index (χ0) is 13.7. The van der Waals surface area contributed by atoms with Gasteiger partial charge in [0.1, 0.15) is 0 Å². The minimum absolute atomic E-state index is 0.0174. The number of aromatic nitrogens is 2. The van der Waals surface area contributed by atoms with Gasteiger partial charge in [0.25, 0.3) is 0 Å². The number of aliphatic hydroxyl groups excluding tert-OH is 1. The van der Waals surface area contributed by atoms with Crippen LogP contribution in [0.1, 0.15) is 23.1 Å². The number of hydrogen-bond acceptors (Lipinski definition) is 3. The zero-order valence-electron chi connectivity index (χ0n) is 10.8. The van der Waals surface area contributed by atoms with E-state index in [4.69, 9.17) is 5.11 Å². The summed E-state index contributed by atoms with van der Waals surface area (Å²) in [7, 11) is 0. The van der Waals surface area contributed by atoms with E-state index in [1.807, 2.05) is 25.3 Å². The minimum Gasteiger partial charge on any atom is -0.395 e. The van der Waals surface area contributed by atoms with Gasteiger partial charge >= 0.3 is 5.69 Å². The molecule has 0 spiro atoms. The first kappa shape index (κ1) is 13.7.